The number of hydrogen-bond acceptors (Lipinski definition) is 5. The van der Waals surface area contributed by atoms with E-state index in [9.17, 15) is 4.79 Å². The van der Waals surface area contributed by atoms with Crippen LogP contribution >= 0.6 is 35.0 Å². The predicted octanol–water partition coefficient (Wildman–Crippen LogP) is 5.92. The summed E-state index contributed by atoms with van der Waals surface area (Å²) in [5.41, 5.74) is 0.567. The standard InChI is InChI=1S/C20H20Cl2N2O2S/c21-14-1-2-15(16(22)6-14)18-23-24-19(26-18)27-10-17(25)20-7-11-3-12(8-20)5-13(4-11)9-20/h1-2,6,11-13H,3-5,7-10H2. The number of ketones is 1. The van der Waals surface area contributed by atoms with E-state index < -0.39 is 0 Å². The second kappa shape index (κ2) is 6.78. The van der Waals surface area contributed by atoms with Crippen molar-refractivity contribution in [2.45, 2.75) is 43.7 Å². The van der Waals surface area contributed by atoms with Crippen LogP contribution in [0.5, 0.6) is 0 Å². The predicted molar refractivity (Wildman–Crippen MR) is 106 cm³/mol. The molecule has 1 aromatic carbocycles. The van der Waals surface area contributed by atoms with Gasteiger partial charge in [0.1, 0.15) is 5.78 Å². The Kier molecular flexibility index (Phi) is 4.53. The van der Waals surface area contributed by atoms with Crippen molar-refractivity contribution in [3.63, 3.8) is 0 Å². The van der Waals surface area contributed by atoms with E-state index in [1.54, 1.807) is 18.2 Å². The quantitative estimate of drug-likeness (QED) is 0.559. The van der Waals surface area contributed by atoms with Crippen LogP contribution in [0.25, 0.3) is 11.5 Å². The molecule has 0 saturated heterocycles. The molecule has 0 amide bonds. The number of aromatic nitrogens is 2. The molecule has 1 aromatic heterocycles. The molecule has 0 atom stereocenters. The maximum absolute atomic E-state index is 13.1. The lowest BCUT2D eigenvalue weighted by Crippen LogP contribution is -2.50. The molecule has 4 aliphatic carbocycles. The smallest absolute Gasteiger partial charge is 0.277 e. The van der Waals surface area contributed by atoms with Gasteiger partial charge < -0.3 is 4.42 Å². The number of rotatable bonds is 5. The summed E-state index contributed by atoms with van der Waals surface area (Å²) in [5, 5.41) is 9.58. The number of Topliss-reactive ketones (excluding diaryl/α,β-unsaturated/α-hetero) is 1. The maximum atomic E-state index is 13.1. The minimum absolute atomic E-state index is 0.0793. The fourth-order valence-corrected chi connectivity index (χ4v) is 7.06. The first-order chi connectivity index (χ1) is 13.0. The Morgan fingerprint density at radius 2 is 1.78 bits per heavy atom. The van der Waals surface area contributed by atoms with E-state index in [0.29, 0.717) is 38.3 Å². The molecule has 4 aliphatic rings. The zero-order valence-electron chi connectivity index (χ0n) is 14.8. The number of carbonyl (C=O) groups is 1. The zero-order valence-corrected chi connectivity index (χ0v) is 17.1. The second-order valence-corrected chi connectivity index (χ2v) is 10.2. The lowest BCUT2D eigenvalue weighted by Gasteiger charge is -2.55. The minimum atomic E-state index is -0.0793. The largest absolute Gasteiger partial charge is 0.411 e. The van der Waals surface area contributed by atoms with Gasteiger partial charge in [-0.05, 0) is 74.5 Å². The third-order valence-corrected chi connectivity index (χ3v) is 7.89. The number of benzene rings is 1. The van der Waals surface area contributed by atoms with Crippen LogP contribution in [0.2, 0.25) is 10.0 Å². The summed E-state index contributed by atoms with van der Waals surface area (Å²) in [4.78, 5) is 13.1. The van der Waals surface area contributed by atoms with Gasteiger partial charge in [0, 0.05) is 10.4 Å². The summed E-state index contributed by atoms with van der Waals surface area (Å²) in [6.07, 6.45) is 7.30. The highest BCUT2D eigenvalue weighted by atomic mass is 35.5. The summed E-state index contributed by atoms with van der Waals surface area (Å²) >= 11 is 13.5. The van der Waals surface area contributed by atoms with Gasteiger partial charge in [0.2, 0.25) is 5.89 Å². The van der Waals surface area contributed by atoms with Gasteiger partial charge in [-0.25, -0.2) is 0 Å². The van der Waals surface area contributed by atoms with Crippen molar-refractivity contribution in [1.29, 1.82) is 0 Å². The van der Waals surface area contributed by atoms with Gasteiger partial charge in [0.25, 0.3) is 5.22 Å². The summed E-state index contributed by atoms with van der Waals surface area (Å²) in [6, 6.07) is 5.13. The van der Waals surface area contributed by atoms with Crippen molar-refractivity contribution in [1.82, 2.24) is 10.2 Å². The highest BCUT2D eigenvalue weighted by Crippen LogP contribution is 2.60. The van der Waals surface area contributed by atoms with Crippen molar-refractivity contribution in [2.24, 2.45) is 23.2 Å². The Morgan fingerprint density at radius 1 is 1.11 bits per heavy atom. The first-order valence-corrected chi connectivity index (χ1v) is 11.2. The third kappa shape index (κ3) is 3.32. The lowest BCUT2D eigenvalue weighted by molar-refractivity contribution is -0.141. The molecule has 0 spiro atoms. The SMILES string of the molecule is O=C(CSc1nnc(-c2ccc(Cl)cc2Cl)o1)C12CC3CC(CC(C3)C1)C2. The van der Waals surface area contributed by atoms with Crippen molar-refractivity contribution >= 4 is 40.7 Å². The number of halogens is 2. The third-order valence-electron chi connectivity index (χ3n) is 6.52. The monoisotopic (exact) mass is 422 g/mol. The molecule has 4 saturated carbocycles. The second-order valence-electron chi connectivity index (χ2n) is 8.41. The van der Waals surface area contributed by atoms with Crippen LogP contribution in [0.3, 0.4) is 0 Å². The highest BCUT2D eigenvalue weighted by Gasteiger charge is 2.54. The van der Waals surface area contributed by atoms with Gasteiger partial charge in [0.15, 0.2) is 0 Å². The van der Waals surface area contributed by atoms with Crippen molar-refractivity contribution < 1.29 is 9.21 Å². The van der Waals surface area contributed by atoms with E-state index in [4.69, 9.17) is 27.6 Å². The number of hydrogen-bond donors (Lipinski definition) is 0. The molecule has 0 aliphatic heterocycles. The summed E-state index contributed by atoms with van der Waals surface area (Å²) in [5.74, 6) is 3.44. The lowest BCUT2D eigenvalue weighted by atomic mass is 9.48. The van der Waals surface area contributed by atoms with Crippen LogP contribution in [-0.2, 0) is 4.79 Å². The molecule has 7 heteroatoms. The van der Waals surface area contributed by atoms with Crippen molar-refractivity contribution in [2.75, 3.05) is 5.75 Å². The van der Waals surface area contributed by atoms with Gasteiger partial charge in [-0.2, -0.15) is 0 Å². The molecular weight excluding hydrogens is 403 g/mol. The van der Waals surface area contributed by atoms with E-state index >= 15 is 0 Å². The zero-order chi connectivity index (χ0) is 18.6. The molecule has 142 valence electrons. The van der Waals surface area contributed by atoms with Crippen LogP contribution in [0, 0.1) is 23.2 Å². The van der Waals surface area contributed by atoms with E-state index in [2.05, 4.69) is 10.2 Å². The van der Waals surface area contributed by atoms with E-state index in [0.717, 1.165) is 37.0 Å². The van der Waals surface area contributed by atoms with Crippen molar-refractivity contribution in [3.05, 3.63) is 28.2 Å². The van der Waals surface area contributed by atoms with Gasteiger partial charge >= 0.3 is 0 Å². The molecule has 4 fully saturated rings. The average Bonchev–Trinajstić information content (AvgIpc) is 3.07. The molecular formula is C20H20Cl2N2O2S. The van der Waals surface area contributed by atoms with Gasteiger partial charge in [0.05, 0.1) is 16.3 Å². The van der Waals surface area contributed by atoms with E-state index in [1.807, 2.05) is 0 Å². The Morgan fingerprint density at radius 3 is 2.41 bits per heavy atom. The van der Waals surface area contributed by atoms with E-state index in [1.165, 1.54) is 31.0 Å². The Bertz CT molecular complexity index is 863. The van der Waals surface area contributed by atoms with Crippen LogP contribution < -0.4 is 0 Å². The Balaban J connectivity index is 1.27. The van der Waals surface area contributed by atoms with Gasteiger partial charge in [-0.15, -0.1) is 10.2 Å². The summed E-state index contributed by atoms with van der Waals surface area (Å²) in [6.45, 7) is 0. The Labute approximate surface area is 172 Å². The van der Waals surface area contributed by atoms with E-state index in [-0.39, 0.29) is 5.41 Å². The summed E-state index contributed by atoms with van der Waals surface area (Å²) in [7, 11) is 0. The molecule has 1 heterocycles. The molecule has 2 aromatic rings. The Hall–Kier alpha value is -1.04. The minimum Gasteiger partial charge on any atom is -0.411 e. The van der Waals surface area contributed by atoms with Gasteiger partial charge in [-0.1, -0.05) is 35.0 Å². The number of thioether (sulfide) groups is 1. The summed E-state index contributed by atoms with van der Waals surface area (Å²) < 4.78 is 5.72. The molecule has 0 unspecified atom stereocenters. The van der Waals surface area contributed by atoms with Crippen LogP contribution in [0.4, 0.5) is 0 Å². The molecule has 27 heavy (non-hydrogen) atoms. The highest BCUT2D eigenvalue weighted by molar-refractivity contribution is 7.99. The first-order valence-electron chi connectivity index (χ1n) is 9.46. The average molecular weight is 423 g/mol. The van der Waals surface area contributed by atoms with Crippen LogP contribution in [0.1, 0.15) is 38.5 Å². The maximum Gasteiger partial charge on any atom is 0.277 e. The molecule has 6 rings (SSSR count). The number of carbonyl (C=O) groups excluding carboxylic acids is 1. The normalized spacial score (nSPS) is 31.4. The number of nitrogens with zero attached hydrogens (tertiary/aromatic N) is 2. The molecule has 4 bridgehead atoms. The topological polar surface area (TPSA) is 56.0 Å². The van der Waals surface area contributed by atoms with Crippen LogP contribution in [0.15, 0.2) is 27.8 Å². The van der Waals surface area contributed by atoms with Crippen LogP contribution in [-0.4, -0.2) is 21.7 Å². The first kappa shape index (κ1) is 18.0. The molecule has 0 radical (unpaired) electrons. The fraction of sp³-hybridized carbons (Fsp3) is 0.550. The fourth-order valence-electron chi connectivity index (χ4n) is 5.77. The molecule has 4 nitrogen and oxygen atoms in total. The molecule has 0 N–H and O–H groups in total. The van der Waals surface area contributed by atoms with Crippen molar-refractivity contribution in [3.8, 4) is 11.5 Å². The van der Waals surface area contributed by atoms with Gasteiger partial charge in [-0.3, -0.25) is 4.79 Å².